The van der Waals surface area contributed by atoms with Gasteiger partial charge in [-0.2, -0.15) is 0 Å². The van der Waals surface area contributed by atoms with Crippen molar-refractivity contribution in [2.75, 3.05) is 11.9 Å². The van der Waals surface area contributed by atoms with Crippen LogP contribution < -0.4 is 5.32 Å². The Morgan fingerprint density at radius 3 is 1.90 bits per heavy atom. The summed E-state index contributed by atoms with van der Waals surface area (Å²) in [6.45, 7) is 0.679. The molecule has 1 amide bonds. The van der Waals surface area contributed by atoms with Crippen molar-refractivity contribution in [3.63, 3.8) is 0 Å². The fourth-order valence-electron chi connectivity index (χ4n) is 2.30. The maximum atomic E-state index is 11.3. The normalized spacial score (nSPS) is 10.5. The lowest BCUT2D eigenvalue weighted by Gasteiger charge is -2.18. The summed E-state index contributed by atoms with van der Waals surface area (Å²) in [7, 11) is 0. The molecule has 2 rings (SSSR count). The molecule has 0 aliphatic heterocycles. The van der Waals surface area contributed by atoms with Crippen molar-refractivity contribution in [1.29, 1.82) is 0 Å². The predicted octanol–water partition coefficient (Wildman–Crippen LogP) is 3.72. The molecule has 0 fully saturated rings. The Balaban J connectivity index is 2.11. The number of benzene rings is 2. The molecule has 0 spiro atoms. The van der Waals surface area contributed by atoms with E-state index in [4.69, 9.17) is 0 Å². The van der Waals surface area contributed by atoms with Crippen molar-refractivity contribution in [3.8, 4) is 0 Å². The van der Waals surface area contributed by atoms with E-state index >= 15 is 0 Å². The van der Waals surface area contributed by atoms with Crippen LogP contribution in [0.4, 0.5) is 0 Å². The lowest BCUT2D eigenvalue weighted by atomic mass is 9.88. The summed E-state index contributed by atoms with van der Waals surface area (Å²) in [6.07, 6.45) is 0.896. The van der Waals surface area contributed by atoms with Gasteiger partial charge in [-0.1, -0.05) is 76.6 Å². The van der Waals surface area contributed by atoms with Crippen molar-refractivity contribution in [2.45, 2.75) is 12.3 Å². The molecule has 2 aromatic rings. The maximum absolute atomic E-state index is 11.3. The molecule has 20 heavy (non-hydrogen) atoms. The summed E-state index contributed by atoms with van der Waals surface area (Å²) in [5.41, 5.74) is 2.57. The summed E-state index contributed by atoms with van der Waals surface area (Å²) >= 11 is 3.16. The van der Waals surface area contributed by atoms with E-state index in [0.29, 0.717) is 17.8 Å². The molecule has 0 heterocycles. The standard InChI is InChI=1S/C17H18BrNO/c18-13-17(20)19-12-11-16(14-7-3-1-4-8-14)15-9-5-2-6-10-15/h1-10,16H,11-13H2,(H,19,20). The topological polar surface area (TPSA) is 29.1 Å². The fourth-order valence-corrected chi connectivity index (χ4v) is 2.50. The molecule has 0 bridgehead atoms. The maximum Gasteiger partial charge on any atom is 0.230 e. The Bertz CT molecular complexity index is 488. The van der Waals surface area contributed by atoms with E-state index in [0.717, 1.165) is 6.42 Å². The van der Waals surface area contributed by atoms with Crippen molar-refractivity contribution in [3.05, 3.63) is 71.8 Å². The lowest BCUT2D eigenvalue weighted by molar-refractivity contribution is -0.118. The Morgan fingerprint density at radius 2 is 1.45 bits per heavy atom. The van der Waals surface area contributed by atoms with E-state index in [1.165, 1.54) is 11.1 Å². The molecule has 0 aromatic heterocycles. The zero-order valence-electron chi connectivity index (χ0n) is 11.3. The van der Waals surface area contributed by atoms with E-state index in [1.54, 1.807) is 0 Å². The molecule has 1 N–H and O–H groups in total. The highest BCUT2D eigenvalue weighted by Gasteiger charge is 2.13. The zero-order valence-corrected chi connectivity index (χ0v) is 12.8. The number of carbonyl (C=O) groups excluding carboxylic acids is 1. The van der Waals surface area contributed by atoms with Gasteiger partial charge in [-0.3, -0.25) is 4.79 Å². The molecular formula is C17H18BrNO. The quantitative estimate of drug-likeness (QED) is 0.803. The van der Waals surface area contributed by atoms with Crippen LogP contribution in [0.25, 0.3) is 0 Å². The van der Waals surface area contributed by atoms with Crippen molar-refractivity contribution >= 4 is 21.8 Å². The molecule has 104 valence electrons. The highest BCUT2D eigenvalue weighted by atomic mass is 79.9. The number of hydrogen-bond donors (Lipinski definition) is 1. The van der Waals surface area contributed by atoms with Gasteiger partial charge in [-0.05, 0) is 17.5 Å². The summed E-state index contributed by atoms with van der Waals surface area (Å²) in [5.74, 6) is 0.345. The minimum absolute atomic E-state index is 0.0323. The number of amides is 1. The highest BCUT2D eigenvalue weighted by molar-refractivity contribution is 9.09. The van der Waals surface area contributed by atoms with Crippen LogP contribution >= 0.6 is 15.9 Å². The van der Waals surface area contributed by atoms with Gasteiger partial charge >= 0.3 is 0 Å². The van der Waals surface area contributed by atoms with Crippen LogP contribution in [0.5, 0.6) is 0 Å². The Hall–Kier alpha value is -1.61. The van der Waals surface area contributed by atoms with Gasteiger partial charge in [0.1, 0.15) is 0 Å². The van der Waals surface area contributed by atoms with Crippen LogP contribution in [-0.2, 0) is 4.79 Å². The third-order valence-electron chi connectivity index (χ3n) is 3.28. The van der Waals surface area contributed by atoms with Crippen LogP contribution in [0.2, 0.25) is 0 Å². The highest BCUT2D eigenvalue weighted by Crippen LogP contribution is 2.27. The number of alkyl halides is 1. The summed E-state index contributed by atoms with van der Waals surface area (Å²) < 4.78 is 0. The Labute approximate surface area is 128 Å². The molecule has 0 radical (unpaired) electrons. The summed E-state index contributed by atoms with van der Waals surface area (Å²) in [6, 6.07) is 20.9. The van der Waals surface area contributed by atoms with Crippen LogP contribution in [0, 0.1) is 0 Å². The monoisotopic (exact) mass is 331 g/mol. The molecular weight excluding hydrogens is 314 g/mol. The Morgan fingerprint density at radius 1 is 0.950 bits per heavy atom. The van der Waals surface area contributed by atoms with Gasteiger partial charge in [0, 0.05) is 12.5 Å². The van der Waals surface area contributed by atoms with Gasteiger partial charge in [-0.25, -0.2) is 0 Å². The van der Waals surface area contributed by atoms with Crippen LogP contribution in [0.1, 0.15) is 23.5 Å². The molecule has 3 heteroatoms. The first-order valence-electron chi connectivity index (χ1n) is 6.74. The smallest absolute Gasteiger partial charge is 0.230 e. The van der Waals surface area contributed by atoms with E-state index in [9.17, 15) is 4.79 Å². The average Bonchev–Trinajstić information content (AvgIpc) is 2.53. The molecule has 0 saturated carbocycles. The van der Waals surface area contributed by atoms with Crippen molar-refractivity contribution in [1.82, 2.24) is 5.32 Å². The summed E-state index contributed by atoms with van der Waals surface area (Å²) in [4.78, 5) is 11.3. The van der Waals surface area contributed by atoms with Crippen molar-refractivity contribution < 1.29 is 4.79 Å². The van der Waals surface area contributed by atoms with Gasteiger partial charge < -0.3 is 5.32 Å². The van der Waals surface area contributed by atoms with Crippen LogP contribution in [0.15, 0.2) is 60.7 Å². The molecule has 2 aromatic carbocycles. The number of carbonyl (C=O) groups is 1. The minimum atomic E-state index is 0.0323. The van der Waals surface area contributed by atoms with Gasteiger partial charge in [0.15, 0.2) is 0 Å². The van der Waals surface area contributed by atoms with E-state index in [2.05, 4.69) is 69.8 Å². The molecule has 0 atom stereocenters. The van der Waals surface area contributed by atoms with Gasteiger partial charge in [0.05, 0.1) is 5.33 Å². The van der Waals surface area contributed by atoms with E-state index < -0.39 is 0 Å². The van der Waals surface area contributed by atoms with E-state index in [-0.39, 0.29) is 5.91 Å². The predicted molar refractivity (Wildman–Crippen MR) is 86.1 cm³/mol. The third kappa shape index (κ3) is 4.20. The molecule has 0 saturated heterocycles. The number of hydrogen-bond acceptors (Lipinski definition) is 1. The largest absolute Gasteiger partial charge is 0.355 e. The minimum Gasteiger partial charge on any atom is -0.355 e. The lowest BCUT2D eigenvalue weighted by Crippen LogP contribution is -2.26. The van der Waals surface area contributed by atoms with Crippen LogP contribution in [0.3, 0.4) is 0 Å². The first-order chi connectivity index (χ1) is 9.81. The fraction of sp³-hybridized carbons (Fsp3) is 0.235. The zero-order chi connectivity index (χ0) is 14.2. The number of nitrogens with one attached hydrogen (secondary N) is 1. The van der Waals surface area contributed by atoms with Gasteiger partial charge in [0.2, 0.25) is 5.91 Å². The second-order valence-electron chi connectivity index (χ2n) is 4.65. The molecule has 0 unspecified atom stereocenters. The second-order valence-corrected chi connectivity index (χ2v) is 5.21. The first kappa shape index (κ1) is 14.8. The number of rotatable bonds is 6. The average molecular weight is 332 g/mol. The van der Waals surface area contributed by atoms with Gasteiger partial charge in [0.25, 0.3) is 0 Å². The molecule has 0 aliphatic rings. The molecule has 2 nitrogen and oxygen atoms in total. The SMILES string of the molecule is O=C(CBr)NCCC(c1ccccc1)c1ccccc1. The molecule has 0 aliphatic carbocycles. The Kier molecular flexibility index (Phi) is 5.81. The van der Waals surface area contributed by atoms with Crippen LogP contribution in [-0.4, -0.2) is 17.8 Å². The summed E-state index contributed by atoms with van der Waals surface area (Å²) in [5, 5.41) is 3.27. The third-order valence-corrected chi connectivity index (χ3v) is 3.79. The van der Waals surface area contributed by atoms with Gasteiger partial charge in [-0.15, -0.1) is 0 Å². The number of halogens is 1. The van der Waals surface area contributed by atoms with E-state index in [1.807, 2.05) is 12.1 Å². The second kappa shape index (κ2) is 7.85. The van der Waals surface area contributed by atoms with Crippen molar-refractivity contribution in [2.24, 2.45) is 0 Å². The first-order valence-corrected chi connectivity index (χ1v) is 7.86.